The van der Waals surface area contributed by atoms with Crippen molar-refractivity contribution in [2.45, 2.75) is 0 Å². The molecule has 0 saturated carbocycles. The van der Waals surface area contributed by atoms with Gasteiger partial charge in [-0.25, -0.2) is 0 Å². The Hall–Kier alpha value is -6.64. The second-order valence-electron chi connectivity index (χ2n) is 12.9. The highest BCUT2D eigenvalue weighted by molar-refractivity contribution is 6.36. The first kappa shape index (κ1) is 28.4. The molecule has 0 spiro atoms. The van der Waals surface area contributed by atoms with Crippen molar-refractivity contribution in [1.29, 1.82) is 0 Å². The molecule has 0 atom stereocenters. The summed E-state index contributed by atoms with van der Waals surface area (Å²) in [5.74, 6) is 0. The van der Waals surface area contributed by atoms with Crippen molar-refractivity contribution in [3.05, 3.63) is 188 Å². The van der Waals surface area contributed by atoms with Crippen molar-refractivity contribution in [1.82, 2.24) is 0 Å². The lowest BCUT2D eigenvalue weighted by molar-refractivity contribution is 0.669. The number of fused-ring (bicyclic) bond motifs is 10. The summed E-state index contributed by atoms with van der Waals surface area (Å²) in [4.78, 5) is 2.34. The van der Waals surface area contributed by atoms with Gasteiger partial charge in [0, 0.05) is 33.2 Å². The van der Waals surface area contributed by atoms with Crippen molar-refractivity contribution >= 4 is 71.3 Å². The summed E-state index contributed by atoms with van der Waals surface area (Å²) < 4.78 is 6.33. The van der Waals surface area contributed by atoms with E-state index >= 15 is 0 Å². The lowest BCUT2D eigenvalue weighted by atomic mass is 9.88. The van der Waals surface area contributed by atoms with Gasteiger partial charge >= 0.3 is 0 Å². The summed E-state index contributed by atoms with van der Waals surface area (Å²) in [5.41, 5.74) is 9.99. The fourth-order valence-electron chi connectivity index (χ4n) is 7.82. The van der Waals surface area contributed by atoms with Gasteiger partial charge in [0.25, 0.3) is 0 Å². The first-order valence-electron chi connectivity index (χ1n) is 17.1. The van der Waals surface area contributed by atoms with E-state index in [9.17, 15) is 0 Å². The first-order valence-corrected chi connectivity index (χ1v) is 17.1. The zero-order valence-electron chi connectivity index (χ0n) is 27.3. The molecule has 234 valence electrons. The minimum Gasteiger partial charge on any atom is -0.456 e. The highest BCUT2D eigenvalue weighted by Crippen LogP contribution is 2.45. The third kappa shape index (κ3) is 4.50. The summed E-state index contributed by atoms with van der Waals surface area (Å²) in [6.45, 7) is 0. The Labute approximate surface area is 290 Å². The van der Waals surface area contributed by atoms with Crippen LogP contribution in [-0.2, 0) is 0 Å². The van der Waals surface area contributed by atoms with Gasteiger partial charge in [0.05, 0.1) is 0 Å². The van der Waals surface area contributed by atoms with Crippen molar-refractivity contribution in [2.24, 2.45) is 0 Å². The molecule has 10 aromatic rings. The Balaban J connectivity index is 1.15. The maximum absolute atomic E-state index is 6.33. The Bertz CT molecular complexity index is 2820. The van der Waals surface area contributed by atoms with Crippen molar-refractivity contribution in [3.63, 3.8) is 0 Å². The molecule has 0 bridgehead atoms. The molecule has 9 aromatic carbocycles. The Morgan fingerprint density at radius 3 is 1.64 bits per heavy atom. The number of nitrogens with zero attached hydrogens (tertiary/aromatic N) is 1. The minimum atomic E-state index is 0.921. The molecule has 1 heterocycles. The molecule has 0 aliphatic carbocycles. The summed E-state index contributed by atoms with van der Waals surface area (Å²) in [7, 11) is 0. The molecule has 0 aliphatic heterocycles. The van der Waals surface area contributed by atoms with Crippen LogP contribution in [0.5, 0.6) is 0 Å². The van der Waals surface area contributed by atoms with Crippen LogP contribution >= 0.6 is 0 Å². The topological polar surface area (TPSA) is 16.4 Å². The number of rotatable bonds is 5. The highest BCUT2D eigenvalue weighted by Gasteiger charge is 2.19. The van der Waals surface area contributed by atoms with Crippen LogP contribution in [0.1, 0.15) is 0 Å². The van der Waals surface area contributed by atoms with Gasteiger partial charge in [-0.05, 0) is 104 Å². The standard InChI is InChI=1S/C48H31NO/c1-3-13-32(14-4-1)34-15-11-18-37(31-34)49(35-16-5-2-6-17-35)36-27-25-33(26-28-36)38-22-12-23-40-42-29-30-45-48(43-21-9-10-24-44(43)50-45)47(42)41-20-8-7-19-39(41)46(38)40/h1-31H. The van der Waals surface area contributed by atoms with Crippen LogP contribution in [0.4, 0.5) is 17.1 Å². The number of furan rings is 1. The van der Waals surface area contributed by atoms with Crippen LogP contribution in [0.3, 0.4) is 0 Å². The zero-order chi connectivity index (χ0) is 33.0. The van der Waals surface area contributed by atoms with Crippen LogP contribution in [0.15, 0.2) is 192 Å². The molecule has 2 nitrogen and oxygen atoms in total. The lowest BCUT2D eigenvalue weighted by Gasteiger charge is -2.26. The highest BCUT2D eigenvalue weighted by atomic mass is 16.3. The fourth-order valence-corrected chi connectivity index (χ4v) is 7.82. The molecule has 2 heteroatoms. The molecule has 0 unspecified atom stereocenters. The molecule has 50 heavy (non-hydrogen) atoms. The van der Waals surface area contributed by atoms with Gasteiger partial charge < -0.3 is 9.32 Å². The van der Waals surface area contributed by atoms with Gasteiger partial charge in [0.1, 0.15) is 11.2 Å². The van der Waals surface area contributed by atoms with Crippen molar-refractivity contribution < 1.29 is 4.42 Å². The van der Waals surface area contributed by atoms with E-state index in [0.29, 0.717) is 0 Å². The molecular weight excluding hydrogens is 607 g/mol. The molecule has 1 aromatic heterocycles. The molecule has 10 rings (SSSR count). The van der Waals surface area contributed by atoms with Crippen LogP contribution in [0.25, 0.3) is 76.5 Å². The maximum Gasteiger partial charge on any atom is 0.136 e. The monoisotopic (exact) mass is 637 g/mol. The molecule has 0 N–H and O–H groups in total. The predicted octanol–water partition coefficient (Wildman–Crippen LogP) is 13.8. The van der Waals surface area contributed by atoms with E-state index in [1.807, 2.05) is 6.07 Å². The normalized spacial score (nSPS) is 11.6. The zero-order valence-corrected chi connectivity index (χ0v) is 27.3. The van der Waals surface area contributed by atoms with E-state index in [1.54, 1.807) is 0 Å². The van der Waals surface area contributed by atoms with E-state index < -0.39 is 0 Å². The molecule has 0 radical (unpaired) electrons. The van der Waals surface area contributed by atoms with Gasteiger partial charge in [-0.3, -0.25) is 0 Å². The third-order valence-corrected chi connectivity index (χ3v) is 10.0. The Kier molecular flexibility index (Phi) is 6.53. The van der Waals surface area contributed by atoms with Crippen LogP contribution in [0, 0.1) is 0 Å². The second-order valence-corrected chi connectivity index (χ2v) is 12.9. The number of hydrogen-bond donors (Lipinski definition) is 0. The maximum atomic E-state index is 6.33. The van der Waals surface area contributed by atoms with E-state index in [4.69, 9.17) is 4.42 Å². The van der Waals surface area contributed by atoms with Gasteiger partial charge in [0.2, 0.25) is 0 Å². The van der Waals surface area contributed by atoms with Crippen molar-refractivity contribution in [3.8, 4) is 22.3 Å². The van der Waals surface area contributed by atoms with Gasteiger partial charge in [-0.1, -0.05) is 133 Å². The molecule has 0 fully saturated rings. The number of anilines is 3. The van der Waals surface area contributed by atoms with E-state index in [-0.39, 0.29) is 0 Å². The average Bonchev–Trinajstić information content (AvgIpc) is 3.58. The van der Waals surface area contributed by atoms with Gasteiger partial charge in [0.15, 0.2) is 0 Å². The lowest BCUT2D eigenvalue weighted by Crippen LogP contribution is -2.09. The Morgan fingerprint density at radius 2 is 0.860 bits per heavy atom. The van der Waals surface area contributed by atoms with E-state index in [2.05, 4.69) is 187 Å². The quantitative estimate of drug-likeness (QED) is 0.175. The average molecular weight is 638 g/mol. The van der Waals surface area contributed by atoms with Crippen LogP contribution in [-0.4, -0.2) is 0 Å². The number of para-hydroxylation sites is 2. The number of hydrogen-bond acceptors (Lipinski definition) is 2. The smallest absolute Gasteiger partial charge is 0.136 e. The summed E-state index contributed by atoms with van der Waals surface area (Å²) in [6.07, 6.45) is 0. The SMILES string of the molecule is c1ccc(-c2cccc(N(c3ccccc3)c3ccc(-c4cccc5c6ccc7oc8ccccc8c7c6c6ccccc6c45)cc3)c2)cc1. The number of benzene rings is 9. The Morgan fingerprint density at radius 1 is 0.300 bits per heavy atom. The minimum absolute atomic E-state index is 0.921. The van der Waals surface area contributed by atoms with Crippen LogP contribution in [0.2, 0.25) is 0 Å². The fraction of sp³-hybridized carbons (Fsp3) is 0. The van der Waals surface area contributed by atoms with E-state index in [1.165, 1.54) is 60.0 Å². The molecule has 0 aliphatic rings. The summed E-state index contributed by atoms with van der Waals surface area (Å²) in [6, 6.07) is 67.3. The first-order chi connectivity index (χ1) is 24.8. The second kappa shape index (κ2) is 11.5. The molecular formula is C48H31NO. The summed E-state index contributed by atoms with van der Waals surface area (Å²) >= 11 is 0. The molecule has 0 amide bonds. The molecule has 0 saturated heterocycles. The van der Waals surface area contributed by atoms with E-state index in [0.717, 1.165) is 33.6 Å². The van der Waals surface area contributed by atoms with Gasteiger partial charge in [-0.15, -0.1) is 0 Å². The summed E-state index contributed by atoms with van der Waals surface area (Å²) in [5, 5.41) is 9.83. The third-order valence-electron chi connectivity index (χ3n) is 10.0. The van der Waals surface area contributed by atoms with Crippen molar-refractivity contribution in [2.75, 3.05) is 4.90 Å². The van der Waals surface area contributed by atoms with Gasteiger partial charge in [-0.2, -0.15) is 0 Å². The van der Waals surface area contributed by atoms with Crippen LogP contribution < -0.4 is 4.90 Å². The predicted molar refractivity (Wildman–Crippen MR) is 212 cm³/mol. The largest absolute Gasteiger partial charge is 0.456 e.